The number of fused-ring (bicyclic) bond motifs is 1. The summed E-state index contributed by atoms with van der Waals surface area (Å²) in [6.07, 6.45) is 2.96. The van der Waals surface area contributed by atoms with Crippen LogP contribution in [-0.2, 0) is 16.6 Å². The number of aryl methyl sites for hydroxylation is 1. The number of nitriles is 1. The lowest BCUT2D eigenvalue weighted by molar-refractivity contribution is -0.130. The first-order chi connectivity index (χ1) is 16.0. The number of rotatable bonds is 5. The summed E-state index contributed by atoms with van der Waals surface area (Å²) >= 11 is 0. The standard InChI is InChI=1S/C23H20N6O4/c1-27-9-8-19(26-27)20-6-7-21(23-25-11-16(10-24)29(20)23)33-13-18-12-28(22(31)14-32-18)15-2-4-17(30)5-3-15/h2-9,11,18,30H,12-14H2,1H3. The van der Waals surface area contributed by atoms with Crippen LogP contribution in [0.5, 0.6) is 11.5 Å². The van der Waals surface area contributed by atoms with Crippen LogP contribution in [0.3, 0.4) is 0 Å². The Balaban J connectivity index is 1.38. The second-order valence-corrected chi connectivity index (χ2v) is 7.64. The summed E-state index contributed by atoms with van der Waals surface area (Å²) < 4.78 is 15.1. The Labute approximate surface area is 188 Å². The summed E-state index contributed by atoms with van der Waals surface area (Å²) in [4.78, 5) is 18.3. The van der Waals surface area contributed by atoms with Crippen molar-refractivity contribution in [1.29, 1.82) is 5.26 Å². The summed E-state index contributed by atoms with van der Waals surface area (Å²) in [5.74, 6) is 0.466. The molecule has 1 N–H and O–H groups in total. The molecule has 10 heteroatoms. The van der Waals surface area contributed by atoms with Gasteiger partial charge in [-0.15, -0.1) is 0 Å². The monoisotopic (exact) mass is 444 g/mol. The third kappa shape index (κ3) is 3.86. The maximum absolute atomic E-state index is 12.3. The molecule has 33 heavy (non-hydrogen) atoms. The van der Waals surface area contributed by atoms with E-state index in [9.17, 15) is 15.2 Å². The molecule has 0 bridgehead atoms. The molecule has 0 saturated carbocycles. The molecular weight excluding hydrogens is 424 g/mol. The van der Waals surface area contributed by atoms with Crippen LogP contribution in [-0.4, -0.2) is 56.0 Å². The second kappa shape index (κ2) is 8.29. The number of amides is 1. The van der Waals surface area contributed by atoms with E-state index < -0.39 is 0 Å². The molecule has 1 unspecified atom stereocenters. The van der Waals surface area contributed by atoms with E-state index in [2.05, 4.69) is 16.2 Å². The van der Waals surface area contributed by atoms with Crippen molar-refractivity contribution in [2.45, 2.75) is 6.10 Å². The van der Waals surface area contributed by atoms with Gasteiger partial charge in [-0.25, -0.2) is 4.98 Å². The Kier molecular flexibility index (Phi) is 5.16. The summed E-state index contributed by atoms with van der Waals surface area (Å²) in [5.41, 5.74) is 2.98. The third-order valence-corrected chi connectivity index (χ3v) is 5.42. The Morgan fingerprint density at radius 3 is 2.79 bits per heavy atom. The molecule has 4 heterocycles. The number of phenolic OH excluding ortho intramolecular Hbond substituents is 1. The first-order valence-corrected chi connectivity index (χ1v) is 10.3. The van der Waals surface area contributed by atoms with Crippen LogP contribution in [0.25, 0.3) is 17.0 Å². The number of carbonyl (C=O) groups excluding carboxylic acids is 1. The topological polar surface area (TPSA) is 118 Å². The van der Waals surface area contributed by atoms with Gasteiger partial charge in [0.25, 0.3) is 5.91 Å². The summed E-state index contributed by atoms with van der Waals surface area (Å²) in [7, 11) is 1.83. The van der Waals surface area contributed by atoms with Crippen LogP contribution >= 0.6 is 0 Å². The number of aromatic hydroxyl groups is 1. The van der Waals surface area contributed by atoms with Gasteiger partial charge in [-0.1, -0.05) is 0 Å². The fourth-order valence-electron chi connectivity index (χ4n) is 3.81. The maximum Gasteiger partial charge on any atom is 0.253 e. The molecule has 0 radical (unpaired) electrons. The number of hydrogen-bond donors (Lipinski definition) is 1. The number of anilines is 1. The van der Waals surface area contributed by atoms with Gasteiger partial charge >= 0.3 is 0 Å². The highest BCUT2D eigenvalue weighted by atomic mass is 16.5. The Morgan fingerprint density at radius 1 is 1.24 bits per heavy atom. The first-order valence-electron chi connectivity index (χ1n) is 10.3. The van der Waals surface area contributed by atoms with Gasteiger partial charge in [0.1, 0.15) is 42.5 Å². The molecule has 0 aliphatic carbocycles. The fourth-order valence-corrected chi connectivity index (χ4v) is 3.81. The molecule has 1 amide bonds. The zero-order valence-corrected chi connectivity index (χ0v) is 17.8. The summed E-state index contributed by atoms with van der Waals surface area (Å²) in [6, 6.07) is 14.1. The minimum atomic E-state index is -0.364. The minimum Gasteiger partial charge on any atom is -0.508 e. The van der Waals surface area contributed by atoms with Crippen molar-refractivity contribution >= 4 is 17.2 Å². The first kappa shape index (κ1) is 20.5. The molecule has 10 nitrogen and oxygen atoms in total. The van der Waals surface area contributed by atoms with Gasteiger partial charge in [0, 0.05) is 18.9 Å². The predicted molar refractivity (Wildman–Crippen MR) is 118 cm³/mol. The number of morpholine rings is 1. The number of benzene rings is 1. The predicted octanol–water partition coefficient (Wildman–Crippen LogP) is 2.12. The van der Waals surface area contributed by atoms with E-state index in [0.717, 1.165) is 5.69 Å². The van der Waals surface area contributed by atoms with E-state index in [4.69, 9.17) is 9.47 Å². The van der Waals surface area contributed by atoms with Crippen LogP contribution in [0.15, 0.2) is 54.9 Å². The molecule has 0 spiro atoms. The zero-order valence-electron chi connectivity index (χ0n) is 17.8. The number of phenols is 1. The van der Waals surface area contributed by atoms with Crippen LogP contribution < -0.4 is 9.64 Å². The van der Waals surface area contributed by atoms with E-state index in [1.54, 1.807) is 32.2 Å². The van der Waals surface area contributed by atoms with Crippen molar-refractivity contribution < 1.29 is 19.4 Å². The highest BCUT2D eigenvalue weighted by Gasteiger charge is 2.28. The number of pyridine rings is 1. The van der Waals surface area contributed by atoms with Crippen LogP contribution in [0.2, 0.25) is 0 Å². The Morgan fingerprint density at radius 2 is 2.06 bits per heavy atom. The van der Waals surface area contributed by atoms with Gasteiger partial charge < -0.3 is 19.5 Å². The normalized spacial score (nSPS) is 16.2. The molecule has 166 valence electrons. The number of aromatic nitrogens is 4. The molecule has 1 atom stereocenters. The maximum atomic E-state index is 12.3. The van der Waals surface area contributed by atoms with Crippen LogP contribution in [0.4, 0.5) is 5.69 Å². The smallest absolute Gasteiger partial charge is 0.253 e. The lowest BCUT2D eigenvalue weighted by Crippen LogP contribution is -2.48. The average molecular weight is 444 g/mol. The van der Waals surface area contributed by atoms with Gasteiger partial charge in [0.05, 0.1) is 18.4 Å². The van der Waals surface area contributed by atoms with E-state index in [-0.39, 0.29) is 31.0 Å². The highest BCUT2D eigenvalue weighted by Crippen LogP contribution is 2.28. The summed E-state index contributed by atoms with van der Waals surface area (Å²) in [6.45, 7) is 0.434. The van der Waals surface area contributed by atoms with Crippen molar-refractivity contribution in [2.75, 3.05) is 24.7 Å². The molecule has 1 aliphatic heterocycles. The lowest BCUT2D eigenvalue weighted by atomic mass is 10.2. The number of imidazole rings is 1. The van der Waals surface area contributed by atoms with Crippen LogP contribution in [0, 0.1) is 11.3 Å². The van der Waals surface area contributed by atoms with Crippen LogP contribution in [0.1, 0.15) is 5.69 Å². The van der Waals surface area contributed by atoms with Crippen molar-refractivity contribution in [3.8, 4) is 29.0 Å². The zero-order chi connectivity index (χ0) is 22.9. The Bertz CT molecular complexity index is 1370. The number of hydrogen-bond acceptors (Lipinski definition) is 7. The highest BCUT2D eigenvalue weighted by molar-refractivity contribution is 5.95. The van der Waals surface area contributed by atoms with E-state index in [1.165, 1.54) is 18.3 Å². The molecule has 3 aromatic heterocycles. The second-order valence-electron chi connectivity index (χ2n) is 7.64. The van der Waals surface area contributed by atoms with E-state index in [1.807, 2.05) is 25.4 Å². The van der Waals surface area contributed by atoms with Gasteiger partial charge in [0.15, 0.2) is 11.4 Å². The SMILES string of the molecule is Cn1ccc(-c2ccc(OCC3CN(c4ccc(O)cc4)C(=O)CO3)c3ncc(C#N)n23)n1. The minimum absolute atomic E-state index is 0.0646. The largest absolute Gasteiger partial charge is 0.508 e. The van der Waals surface area contributed by atoms with Crippen molar-refractivity contribution in [3.05, 3.63) is 60.6 Å². The van der Waals surface area contributed by atoms with E-state index >= 15 is 0 Å². The number of ether oxygens (including phenoxy) is 2. The number of nitrogens with zero attached hydrogens (tertiary/aromatic N) is 6. The molecular formula is C23H20N6O4. The van der Waals surface area contributed by atoms with Crippen molar-refractivity contribution in [2.24, 2.45) is 7.05 Å². The third-order valence-electron chi connectivity index (χ3n) is 5.42. The van der Waals surface area contributed by atoms with Gasteiger partial charge in [-0.05, 0) is 42.5 Å². The van der Waals surface area contributed by atoms with Gasteiger partial charge in [-0.2, -0.15) is 10.4 Å². The molecule has 1 aromatic carbocycles. The van der Waals surface area contributed by atoms with Gasteiger partial charge in [0.2, 0.25) is 0 Å². The number of carbonyl (C=O) groups is 1. The molecule has 5 rings (SSSR count). The van der Waals surface area contributed by atoms with Gasteiger partial charge in [-0.3, -0.25) is 13.9 Å². The lowest BCUT2D eigenvalue weighted by Gasteiger charge is -2.32. The summed E-state index contributed by atoms with van der Waals surface area (Å²) in [5, 5.41) is 23.5. The van der Waals surface area contributed by atoms with Crippen molar-refractivity contribution in [3.63, 3.8) is 0 Å². The molecule has 4 aromatic rings. The fraction of sp³-hybridized carbons (Fsp3) is 0.217. The van der Waals surface area contributed by atoms with Crippen molar-refractivity contribution in [1.82, 2.24) is 19.2 Å². The van der Waals surface area contributed by atoms with E-state index in [0.29, 0.717) is 35.0 Å². The molecule has 1 saturated heterocycles. The molecule has 1 fully saturated rings. The quantitative estimate of drug-likeness (QED) is 0.501. The average Bonchev–Trinajstić information content (AvgIpc) is 3.45. The molecule has 1 aliphatic rings. The Hall–Kier alpha value is -4.36.